The van der Waals surface area contributed by atoms with Crippen LogP contribution >= 0.6 is 11.8 Å². The van der Waals surface area contributed by atoms with Crippen molar-refractivity contribution in [3.05, 3.63) is 41.2 Å². The number of carbonyl (C=O) groups excluding carboxylic acids is 1. The van der Waals surface area contributed by atoms with E-state index < -0.39 is 0 Å². The van der Waals surface area contributed by atoms with Crippen LogP contribution in [0.2, 0.25) is 0 Å². The fraction of sp³-hybridized carbons (Fsp3) is 0.435. The highest BCUT2D eigenvalue weighted by Gasteiger charge is 2.22. The minimum Gasteiger partial charge on any atom is -0.493 e. The first-order chi connectivity index (χ1) is 15.5. The number of Topliss-reactive ketones (excluding diaryl/α,β-unsaturated/α-hetero) is 1. The van der Waals surface area contributed by atoms with Gasteiger partial charge in [0.05, 0.1) is 26.1 Å². The van der Waals surface area contributed by atoms with Crippen LogP contribution in [0.3, 0.4) is 0 Å². The van der Waals surface area contributed by atoms with E-state index in [1.165, 1.54) is 11.8 Å². The number of thioether (sulfide) groups is 1. The molecule has 1 atom stereocenters. The Morgan fingerprint density at radius 2 is 2.00 bits per heavy atom. The second-order valence-corrected chi connectivity index (χ2v) is 8.61. The van der Waals surface area contributed by atoms with Gasteiger partial charge in [0.25, 0.3) is 5.22 Å². The molecule has 0 N–H and O–H groups in total. The molecule has 0 amide bonds. The van der Waals surface area contributed by atoms with E-state index in [1.54, 1.807) is 26.4 Å². The van der Waals surface area contributed by atoms with Gasteiger partial charge in [-0.05, 0) is 51.0 Å². The number of hydrogen-bond donors (Lipinski definition) is 0. The van der Waals surface area contributed by atoms with Crippen LogP contribution in [0.4, 0.5) is 0 Å². The van der Waals surface area contributed by atoms with Gasteiger partial charge in [0.15, 0.2) is 17.3 Å². The quantitative estimate of drug-likeness (QED) is 0.347. The van der Waals surface area contributed by atoms with E-state index in [9.17, 15) is 4.79 Å². The zero-order valence-electron chi connectivity index (χ0n) is 18.7. The molecule has 9 heteroatoms. The Bertz CT molecular complexity index is 1100. The molecule has 1 aliphatic rings. The van der Waals surface area contributed by atoms with Gasteiger partial charge in [0.2, 0.25) is 5.89 Å². The predicted molar refractivity (Wildman–Crippen MR) is 121 cm³/mol. The summed E-state index contributed by atoms with van der Waals surface area (Å²) >= 11 is 1.23. The van der Waals surface area contributed by atoms with Gasteiger partial charge in [-0.1, -0.05) is 11.8 Å². The number of ketones is 1. The fourth-order valence-corrected chi connectivity index (χ4v) is 4.56. The van der Waals surface area contributed by atoms with Crippen molar-refractivity contribution in [1.29, 1.82) is 0 Å². The molecule has 1 aliphatic heterocycles. The lowest BCUT2D eigenvalue weighted by atomic mass is 10.2. The largest absolute Gasteiger partial charge is 0.493 e. The SMILES string of the molecule is COc1ccc(-c2nnc(SCC(=O)c3cc(C)n(C[C@H]4CCCO4)c3C)o2)cc1OC. The second-order valence-electron chi connectivity index (χ2n) is 7.69. The topological polar surface area (TPSA) is 88.6 Å². The van der Waals surface area contributed by atoms with Crippen LogP contribution in [-0.4, -0.2) is 53.2 Å². The summed E-state index contributed by atoms with van der Waals surface area (Å²) in [5, 5.41) is 8.51. The van der Waals surface area contributed by atoms with Crippen molar-refractivity contribution in [2.75, 3.05) is 26.6 Å². The first-order valence-electron chi connectivity index (χ1n) is 10.5. The van der Waals surface area contributed by atoms with Gasteiger partial charge in [0, 0.05) is 35.7 Å². The van der Waals surface area contributed by atoms with Crippen molar-refractivity contribution in [1.82, 2.24) is 14.8 Å². The Kier molecular flexibility index (Phi) is 6.86. The van der Waals surface area contributed by atoms with Gasteiger partial charge < -0.3 is 23.2 Å². The Morgan fingerprint density at radius 1 is 1.19 bits per heavy atom. The van der Waals surface area contributed by atoms with Crippen LogP contribution in [0.15, 0.2) is 33.9 Å². The Balaban J connectivity index is 1.41. The number of carbonyl (C=O) groups is 1. The summed E-state index contributed by atoms with van der Waals surface area (Å²) in [6.07, 6.45) is 2.39. The summed E-state index contributed by atoms with van der Waals surface area (Å²) in [4.78, 5) is 12.9. The maximum absolute atomic E-state index is 12.9. The molecular formula is C23H27N3O5S. The van der Waals surface area contributed by atoms with Gasteiger partial charge in [-0.3, -0.25) is 4.79 Å². The number of aromatic nitrogens is 3. The number of nitrogens with zero attached hydrogens (tertiary/aromatic N) is 3. The van der Waals surface area contributed by atoms with Gasteiger partial charge in [-0.25, -0.2) is 0 Å². The summed E-state index contributed by atoms with van der Waals surface area (Å²) in [5.41, 5.74) is 3.48. The molecule has 0 aliphatic carbocycles. The summed E-state index contributed by atoms with van der Waals surface area (Å²) in [7, 11) is 3.15. The third kappa shape index (κ3) is 4.68. The molecule has 1 aromatic carbocycles. The summed E-state index contributed by atoms with van der Waals surface area (Å²) in [5.74, 6) is 1.81. The third-order valence-electron chi connectivity index (χ3n) is 5.65. The highest BCUT2D eigenvalue weighted by atomic mass is 32.2. The minimum atomic E-state index is 0.0348. The number of benzene rings is 1. The molecular weight excluding hydrogens is 430 g/mol. The van der Waals surface area contributed by atoms with Crippen molar-refractivity contribution >= 4 is 17.5 Å². The molecule has 0 spiro atoms. The highest BCUT2D eigenvalue weighted by Crippen LogP contribution is 2.33. The molecule has 1 saturated heterocycles. The van der Waals surface area contributed by atoms with Crippen molar-refractivity contribution < 1.29 is 23.4 Å². The van der Waals surface area contributed by atoms with E-state index in [0.717, 1.165) is 42.9 Å². The second kappa shape index (κ2) is 9.79. The number of aryl methyl sites for hydroxylation is 1. The molecule has 0 radical (unpaired) electrons. The van der Waals surface area contributed by atoms with Crippen LogP contribution in [-0.2, 0) is 11.3 Å². The lowest BCUT2D eigenvalue weighted by molar-refractivity contribution is 0.0957. The number of methoxy groups -OCH3 is 2. The molecule has 8 nitrogen and oxygen atoms in total. The van der Waals surface area contributed by atoms with E-state index >= 15 is 0 Å². The van der Waals surface area contributed by atoms with Crippen molar-refractivity contribution in [2.24, 2.45) is 0 Å². The number of ether oxygens (including phenoxy) is 3. The van der Waals surface area contributed by atoms with E-state index in [1.807, 2.05) is 26.0 Å². The summed E-state index contributed by atoms with van der Waals surface area (Å²) in [6.45, 7) is 5.62. The Hall–Kier alpha value is -2.78. The van der Waals surface area contributed by atoms with E-state index in [4.69, 9.17) is 18.6 Å². The Morgan fingerprint density at radius 3 is 2.72 bits per heavy atom. The van der Waals surface area contributed by atoms with Crippen LogP contribution in [0, 0.1) is 13.8 Å². The first-order valence-corrected chi connectivity index (χ1v) is 11.5. The van der Waals surface area contributed by atoms with Crippen molar-refractivity contribution in [3.63, 3.8) is 0 Å². The summed E-state index contributed by atoms with van der Waals surface area (Å²) < 4.78 is 24.3. The lowest BCUT2D eigenvalue weighted by Gasteiger charge is -2.14. The molecule has 0 saturated carbocycles. The van der Waals surface area contributed by atoms with E-state index in [-0.39, 0.29) is 17.6 Å². The molecule has 3 aromatic rings. The number of hydrogen-bond acceptors (Lipinski definition) is 8. The molecule has 1 fully saturated rings. The van der Waals surface area contributed by atoms with Crippen molar-refractivity contribution in [3.8, 4) is 23.0 Å². The first kappa shape index (κ1) is 22.4. The summed E-state index contributed by atoms with van der Waals surface area (Å²) in [6, 6.07) is 7.32. The maximum atomic E-state index is 12.9. The predicted octanol–water partition coefficient (Wildman–Crippen LogP) is 4.33. The Labute approximate surface area is 191 Å². The molecule has 0 bridgehead atoms. The van der Waals surface area contributed by atoms with E-state index in [2.05, 4.69) is 14.8 Å². The molecule has 32 heavy (non-hydrogen) atoms. The average Bonchev–Trinajstić information content (AvgIpc) is 3.55. The lowest BCUT2D eigenvalue weighted by Crippen LogP contribution is -2.17. The normalized spacial score (nSPS) is 15.8. The molecule has 4 rings (SSSR count). The highest BCUT2D eigenvalue weighted by molar-refractivity contribution is 7.99. The smallest absolute Gasteiger partial charge is 0.277 e. The van der Waals surface area contributed by atoms with Gasteiger partial charge in [0.1, 0.15) is 0 Å². The number of rotatable bonds is 9. The third-order valence-corrected chi connectivity index (χ3v) is 6.47. The molecule has 2 aromatic heterocycles. The fourth-order valence-electron chi connectivity index (χ4n) is 3.92. The van der Waals surface area contributed by atoms with Crippen LogP contribution in [0.1, 0.15) is 34.6 Å². The maximum Gasteiger partial charge on any atom is 0.277 e. The molecule has 3 heterocycles. The van der Waals surface area contributed by atoms with Crippen LogP contribution in [0.25, 0.3) is 11.5 Å². The van der Waals surface area contributed by atoms with Gasteiger partial charge in [-0.2, -0.15) is 0 Å². The average molecular weight is 458 g/mol. The zero-order valence-corrected chi connectivity index (χ0v) is 19.5. The molecule has 0 unspecified atom stereocenters. The standard InChI is InChI=1S/C23H27N3O5S/c1-14-10-18(15(2)26(14)12-17-6-5-9-30-17)19(27)13-32-23-25-24-22(31-23)16-7-8-20(28-3)21(11-16)29-4/h7-8,10-11,17H,5-6,9,12-13H2,1-4H3/t17-/m1/s1. The van der Waals surface area contributed by atoms with Gasteiger partial charge in [-0.15, -0.1) is 10.2 Å². The van der Waals surface area contributed by atoms with Crippen LogP contribution in [0.5, 0.6) is 11.5 Å². The van der Waals surface area contributed by atoms with Crippen LogP contribution < -0.4 is 9.47 Å². The van der Waals surface area contributed by atoms with E-state index in [0.29, 0.717) is 28.2 Å². The van der Waals surface area contributed by atoms with Gasteiger partial charge >= 0.3 is 0 Å². The monoisotopic (exact) mass is 457 g/mol. The van der Waals surface area contributed by atoms with Crippen molar-refractivity contribution in [2.45, 2.75) is 44.6 Å². The zero-order chi connectivity index (χ0) is 22.7. The molecule has 170 valence electrons. The minimum absolute atomic E-state index is 0.0348.